The van der Waals surface area contributed by atoms with Crippen molar-refractivity contribution in [3.63, 3.8) is 0 Å². The van der Waals surface area contributed by atoms with E-state index >= 15 is 0 Å². The third kappa shape index (κ3) is 4.74. The van der Waals surface area contributed by atoms with Gasteiger partial charge in [-0.3, -0.25) is 4.99 Å². The zero-order valence-corrected chi connectivity index (χ0v) is 10.7. The fraction of sp³-hybridized carbons (Fsp3) is 0.267. The van der Waals surface area contributed by atoms with Crippen molar-refractivity contribution in [2.24, 2.45) is 4.99 Å². The molecule has 0 unspecified atom stereocenters. The second kappa shape index (κ2) is 8.66. The van der Waals surface area contributed by atoms with E-state index in [-0.39, 0.29) is 0 Å². The van der Waals surface area contributed by atoms with Gasteiger partial charge in [0.2, 0.25) is 0 Å². The largest absolute Gasteiger partial charge is 0.256 e. The second-order valence-corrected chi connectivity index (χ2v) is 3.07. The van der Waals surface area contributed by atoms with Gasteiger partial charge in [0, 0.05) is 6.21 Å². The number of hydrogen-bond donors (Lipinski definition) is 0. The number of rotatable bonds is 3. The van der Waals surface area contributed by atoms with Gasteiger partial charge in [0.15, 0.2) is 0 Å². The second-order valence-electron chi connectivity index (χ2n) is 3.07. The quantitative estimate of drug-likeness (QED) is 0.633. The van der Waals surface area contributed by atoms with Crippen molar-refractivity contribution >= 4 is 18.0 Å². The van der Waals surface area contributed by atoms with E-state index in [1.807, 2.05) is 45.1 Å². The Labute approximate surface area is 99.2 Å². The van der Waals surface area contributed by atoms with Gasteiger partial charge in [-0.2, -0.15) is 0 Å². The van der Waals surface area contributed by atoms with Crippen molar-refractivity contribution in [3.8, 4) is 0 Å². The monoisotopic (exact) mass is 215 g/mol. The molecule has 0 saturated carbocycles. The first kappa shape index (κ1) is 14.4. The minimum absolute atomic E-state index is 0.962. The number of aliphatic imine (C=N–C) groups is 1. The highest BCUT2D eigenvalue weighted by atomic mass is 14.7. The predicted molar refractivity (Wildman–Crippen MR) is 75.6 cm³/mol. The van der Waals surface area contributed by atoms with Crippen LogP contribution in [0.5, 0.6) is 0 Å². The first-order valence-corrected chi connectivity index (χ1v) is 5.66. The lowest BCUT2D eigenvalue weighted by Crippen LogP contribution is -1.77. The van der Waals surface area contributed by atoms with Crippen LogP contribution in [0.3, 0.4) is 0 Å². The molecule has 0 radical (unpaired) electrons. The molecule has 0 atom stereocenters. The van der Waals surface area contributed by atoms with Crippen LogP contribution in [0.1, 0.15) is 31.9 Å². The minimum Gasteiger partial charge on any atom is -0.256 e. The molecular weight excluding hydrogens is 194 g/mol. The smallest absolute Gasteiger partial charge is 0.0701 e. The van der Waals surface area contributed by atoms with Crippen molar-refractivity contribution in [2.45, 2.75) is 27.7 Å². The van der Waals surface area contributed by atoms with E-state index in [1.165, 1.54) is 5.56 Å². The van der Waals surface area contributed by atoms with E-state index in [9.17, 15) is 0 Å². The minimum atomic E-state index is 0.962. The van der Waals surface area contributed by atoms with Gasteiger partial charge in [0.05, 0.1) is 5.69 Å². The molecule has 0 spiro atoms. The number of aryl methyl sites for hydroxylation is 1. The molecule has 0 aliphatic heterocycles. The summed E-state index contributed by atoms with van der Waals surface area (Å²) < 4.78 is 0. The van der Waals surface area contributed by atoms with Crippen LogP contribution in [0.2, 0.25) is 0 Å². The Morgan fingerprint density at radius 3 is 2.50 bits per heavy atom. The van der Waals surface area contributed by atoms with Gasteiger partial charge in [0.25, 0.3) is 0 Å². The van der Waals surface area contributed by atoms with E-state index in [4.69, 9.17) is 0 Å². The fourth-order valence-corrected chi connectivity index (χ4v) is 1.16. The first-order chi connectivity index (χ1) is 7.77. The van der Waals surface area contributed by atoms with Gasteiger partial charge in [-0.15, -0.1) is 0 Å². The highest BCUT2D eigenvalue weighted by Crippen LogP contribution is 2.20. The van der Waals surface area contributed by atoms with E-state index in [2.05, 4.69) is 30.6 Å². The van der Waals surface area contributed by atoms with Crippen molar-refractivity contribution < 1.29 is 0 Å². The molecule has 0 N–H and O–H groups in total. The molecule has 1 aromatic rings. The average Bonchev–Trinajstić information content (AvgIpc) is 2.33. The molecule has 0 bridgehead atoms. The third-order valence-corrected chi connectivity index (χ3v) is 1.90. The highest BCUT2D eigenvalue weighted by Gasteiger charge is 1.95. The summed E-state index contributed by atoms with van der Waals surface area (Å²) >= 11 is 0. The zero-order valence-electron chi connectivity index (χ0n) is 10.7. The Bertz CT molecular complexity index is 373. The van der Waals surface area contributed by atoms with Gasteiger partial charge < -0.3 is 0 Å². The molecule has 0 aliphatic carbocycles. The molecule has 0 amide bonds. The van der Waals surface area contributed by atoms with Crippen LogP contribution < -0.4 is 0 Å². The Hall–Kier alpha value is -1.63. The lowest BCUT2D eigenvalue weighted by atomic mass is 10.1. The van der Waals surface area contributed by atoms with Crippen LogP contribution >= 0.6 is 0 Å². The third-order valence-electron chi connectivity index (χ3n) is 1.90. The van der Waals surface area contributed by atoms with Crippen molar-refractivity contribution in [1.29, 1.82) is 0 Å². The van der Waals surface area contributed by atoms with Crippen LogP contribution in [0.4, 0.5) is 5.69 Å². The molecule has 0 aliphatic rings. The molecule has 16 heavy (non-hydrogen) atoms. The molecule has 0 aromatic heterocycles. The Kier molecular flexibility index (Phi) is 7.78. The SMILES string of the molecule is C=Cc1cc(C)ccc1N=C/C=C\C.CC. The van der Waals surface area contributed by atoms with E-state index in [0.29, 0.717) is 0 Å². The zero-order chi connectivity index (χ0) is 12.4. The molecule has 1 nitrogen and oxygen atoms in total. The molecule has 1 rings (SSSR count). The van der Waals surface area contributed by atoms with Crippen LogP contribution in [-0.2, 0) is 0 Å². The van der Waals surface area contributed by atoms with Gasteiger partial charge in [-0.05, 0) is 37.6 Å². The number of nitrogens with zero attached hydrogens (tertiary/aromatic N) is 1. The van der Waals surface area contributed by atoms with E-state index < -0.39 is 0 Å². The molecule has 0 heterocycles. The highest BCUT2D eigenvalue weighted by molar-refractivity contribution is 5.77. The Morgan fingerprint density at radius 1 is 1.25 bits per heavy atom. The summed E-state index contributed by atoms with van der Waals surface area (Å²) in [7, 11) is 0. The van der Waals surface area contributed by atoms with Crippen LogP contribution in [0.25, 0.3) is 6.08 Å². The molecule has 0 fully saturated rings. The topological polar surface area (TPSA) is 12.4 Å². The van der Waals surface area contributed by atoms with Crippen molar-refractivity contribution in [2.75, 3.05) is 0 Å². The lowest BCUT2D eigenvalue weighted by molar-refractivity contribution is 1.42. The maximum atomic E-state index is 4.32. The molecule has 1 aromatic carbocycles. The number of allylic oxidation sites excluding steroid dienone is 2. The summed E-state index contributed by atoms with van der Waals surface area (Å²) in [6.45, 7) is 11.8. The van der Waals surface area contributed by atoms with Crippen LogP contribution in [0, 0.1) is 6.92 Å². The fourth-order valence-electron chi connectivity index (χ4n) is 1.16. The molecule has 1 heteroatoms. The standard InChI is InChI=1S/C13H15N.C2H6/c1-4-6-9-14-13-8-7-11(3)10-12(13)5-2;1-2/h4-10H,2H2,1,3H3;1-2H3/b6-4-,14-9?;. The maximum absolute atomic E-state index is 4.32. The Balaban J connectivity index is 0.00000106. The number of benzene rings is 1. The molecule has 86 valence electrons. The molecule has 0 saturated heterocycles. The van der Waals surface area contributed by atoms with E-state index in [0.717, 1.165) is 11.3 Å². The summed E-state index contributed by atoms with van der Waals surface area (Å²) in [6.07, 6.45) is 7.48. The Morgan fingerprint density at radius 2 is 1.94 bits per heavy atom. The van der Waals surface area contributed by atoms with Crippen LogP contribution in [-0.4, -0.2) is 6.21 Å². The maximum Gasteiger partial charge on any atom is 0.0701 e. The van der Waals surface area contributed by atoms with Gasteiger partial charge in [-0.1, -0.05) is 44.2 Å². The lowest BCUT2D eigenvalue weighted by Gasteiger charge is -2.00. The van der Waals surface area contributed by atoms with Crippen molar-refractivity contribution in [3.05, 3.63) is 48.1 Å². The summed E-state index contributed by atoms with van der Waals surface area (Å²) in [5, 5.41) is 0. The summed E-state index contributed by atoms with van der Waals surface area (Å²) in [5.41, 5.74) is 3.26. The van der Waals surface area contributed by atoms with E-state index in [1.54, 1.807) is 6.21 Å². The first-order valence-electron chi connectivity index (χ1n) is 5.66. The summed E-state index contributed by atoms with van der Waals surface area (Å²) in [6, 6.07) is 6.14. The summed E-state index contributed by atoms with van der Waals surface area (Å²) in [5.74, 6) is 0. The number of hydrogen-bond acceptors (Lipinski definition) is 1. The molecular formula is C15H21N. The van der Waals surface area contributed by atoms with Gasteiger partial charge in [0.1, 0.15) is 0 Å². The van der Waals surface area contributed by atoms with Crippen LogP contribution in [0.15, 0.2) is 41.9 Å². The predicted octanol–water partition coefficient (Wildman–Crippen LogP) is 4.94. The van der Waals surface area contributed by atoms with Crippen molar-refractivity contribution in [1.82, 2.24) is 0 Å². The average molecular weight is 215 g/mol. The van der Waals surface area contributed by atoms with Gasteiger partial charge in [-0.25, -0.2) is 0 Å². The van der Waals surface area contributed by atoms with Gasteiger partial charge >= 0.3 is 0 Å². The normalized spacial score (nSPS) is 10.2. The summed E-state index contributed by atoms with van der Waals surface area (Å²) in [4.78, 5) is 4.32.